The number of amides is 1. The molecule has 0 aliphatic rings. The van der Waals surface area contributed by atoms with E-state index in [2.05, 4.69) is 42.0 Å². The van der Waals surface area contributed by atoms with Crippen molar-refractivity contribution in [1.29, 1.82) is 0 Å². The van der Waals surface area contributed by atoms with E-state index in [4.69, 9.17) is 0 Å². The number of hydrogen-bond acceptors (Lipinski definition) is 3. The molecule has 0 aromatic heterocycles. The van der Waals surface area contributed by atoms with Crippen LogP contribution in [0.1, 0.15) is 34.1 Å². The molecule has 1 amide bonds. The Kier molecular flexibility index (Phi) is 6.14. The molecule has 0 saturated heterocycles. The maximum absolute atomic E-state index is 11.5. The van der Waals surface area contributed by atoms with Crippen molar-refractivity contribution in [2.75, 3.05) is 12.8 Å². The molecule has 1 N–H and O–H groups in total. The fourth-order valence-corrected chi connectivity index (χ4v) is 2.89. The van der Waals surface area contributed by atoms with Crippen LogP contribution in [0, 0.1) is 5.41 Å². The van der Waals surface area contributed by atoms with Crippen LogP contribution in [0.2, 0.25) is 0 Å². The Bertz CT molecular complexity index is 359. The lowest BCUT2D eigenvalue weighted by Gasteiger charge is -2.22. The second kappa shape index (κ2) is 6.18. The summed E-state index contributed by atoms with van der Waals surface area (Å²) in [6.45, 7) is 8.18. The van der Waals surface area contributed by atoms with Crippen LogP contribution in [-0.2, 0) is 14.6 Å². The Morgan fingerprint density at radius 1 is 1.35 bits per heavy atom. The molecule has 2 atom stereocenters. The molecule has 0 spiro atoms. The highest BCUT2D eigenvalue weighted by Crippen LogP contribution is 2.24. The van der Waals surface area contributed by atoms with Crippen molar-refractivity contribution in [1.82, 2.24) is 5.32 Å². The zero-order valence-electron chi connectivity index (χ0n) is 11.1. The number of sulfone groups is 1. The van der Waals surface area contributed by atoms with Gasteiger partial charge in [0.15, 0.2) is 9.84 Å². The van der Waals surface area contributed by atoms with Gasteiger partial charge in [-0.3, -0.25) is 4.79 Å². The molecule has 4 nitrogen and oxygen atoms in total. The van der Waals surface area contributed by atoms with E-state index in [-0.39, 0.29) is 10.2 Å². The van der Waals surface area contributed by atoms with Crippen LogP contribution in [0.4, 0.5) is 0 Å². The van der Waals surface area contributed by atoms with Crippen molar-refractivity contribution in [3.63, 3.8) is 0 Å². The molecular weight excluding hydrogens is 306 g/mol. The highest BCUT2D eigenvalue weighted by molar-refractivity contribution is 9.09. The Balaban J connectivity index is 4.18. The van der Waals surface area contributed by atoms with Gasteiger partial charge in [0, 0.05) is 17.6 Å². The Morgan fingerprint density at radius 3 is 2.18 bits per heavy atom. The third kappa shape index (κ3) is 7.76. The molecule has 0 aliphatic carbocycles. The van der Waals surface area contributed by atoms with Crippen LogP contribution in [0.25, 0.3) is 0 Å². The van der Waals surface area contributed by atoms with E-state index in [1.165, 1.54) is 6.92 Å². The Hall–Kier alpha value is -0.100. The number of carbonyl (C=O) groups excluding carboxylic acids is 1. The van der Waals surface area contributed by atoms with Gasteiger partial charge in [0.2, 0.25) is 5.91 Å². The largest absolute Gasteiger partial charge is 0.354 e. The molecule has 0 heterocycles. The zero-order valence-corrected chi connectivity index (χ0v) is 13.5. The third-order valence-electron chi connectivity index (χ3n) is 2.34. The minimum absolute atomic E-state index is 0.151. The zero-order chi connectivity index (χ0) is 13.9. The standard InChI is InChI=1S/C11H22BrNO3S/c1-8(17(5,15)16)10(14)13-7-9(12)6-11(2,3)4/h8-9H,6-7H2,1-5H3,(H,13,14). The topological polar surface area (TPSA) is 63.2 Å². The Labute approximate surface area is 113 Å². The van der Waals surface area contributed by atoms with E-state index in [1.54, 1.807) is 0 Å². The smallest absolute Gasteiger partial charge is 0.238 e. The highest BCUT2D eigenvalue weighted by atomic mass is 79.9. The van der Waals surface area contributed by atoms with Crippen LogP contribution in [0.5, 0.6) is 0 Å². The molecule has 0 rings (SSSR count). The van der Waals surface area contributed by atoms with Crippen LogP contribution >= 0.6 is 15.9 Å². The fraction of sp³-hybridized carbons (Fsp3) is 0.909. The summed E-state index contributed by atoms with van der Waals surface area (Å²) in [5.74, 6) is -0.439. The first-order valence-corrected chi connectivity index (χ1v) is 8.41. The minimum atomic E-state index is -3.31. The Morgan fingerprint density at radius 2 is 1.82 bits per heavy atom. The number of halogens is 1. The summed E-state index contributed by atoms with van der Waals surface area (Å²) in [6.07, 6.45) is 1.97. The number of hydrogen-bond donors (Lipinski definition) is 1. The van der Waals surface area contributed by atoms with E-state index in [0.717, 1.165) is 12.7 Å². The normalized spacial score (nSPS) is 16.4. The van der Waals surface area contributed by atoms with Crippen LogP contribution in [0.3, 0.4) is 0 Å². The summed E-state index contributed by atoms with van der Waals surface area (Å²) < 4.78 is 22.3. The summed E-state index contributed by atoms with van der Waals surface area (Å²) >= 11 is 3.48. The first-order chi connectivity index (χ1) is 7.43. The maximum Gasteiger partial charge on any atom is 0.238 e. The van der Waals surface area contributed by atoms with Gasteiger partial charge in [-0.15, -0.1) is 0 Å². The van der Waals surface area contributed by atoms with Crippen molar-refractivity contribution in [3.8, 4) is 0 Å². The van der Waals surface area contributed by atoms with Crippen molar-refractivity contribution in [2.24, 2.45) is 5.41 Å². The van der Waals surface area contributed by atoms with E-state index in [0.29, 0.717) is 6.54 Å². The average Bonchev–Trinajstić information content (AvgIpc) is 2.08. The van der Waals surface area contributed by atoms with Crippen molar-refractivity contribution in [2.45, 2.75) is 44.2 Å². The minimum Gasteiger partial charge on any atom is -0.354 e. The number of carbonyl (C=O) groups is 1. The predicted octanol–water partition coefficient (Wildman–Crippen LogP) is 1.74. The summed E-state index contributed by atoms with van der Waals surface area (Å²) in [5.41, 5.74) is 0.168. The van der Waals surface area contributed by atoms with Gasteiger partial charge >= 0.3 is 0 Å². The van der Waals surface area contributed by atoms with Gasteiger partial charge in [-0.1, -0.05) is 36.7 Å². The van der Waals surface area contributed by atoms with E-state index in [1.807, 2.05) is 0 Å². The van der Waals surface area contributed by atoms with Gasteiger partial charge in [0.05, 0.1) is 0 Å². The molecule has 0 fully saturated rings. The van der Waals surface area contributed by atoms with Gasteiger partial charge in [-0.25, -0.2) is 8.42 Å². The lowest BCUT2D eigenvalue weighted by molar-refractivity contribution is -0.120. The molecule has 2 unspecified atom stereocenters. The summed E-state index contributed by atoms with van der Waals surface area (Å²) in [7, 11) is -3.31. The lowest BCUT2D eigenvalue weighted by Crippen LogP contribution is -2.40. The van der Waals surface area contributed by atoms with E-state index < -0.39 is 21.0 Å². The quantitative estimate of drug-likeness (QED) is 0.782. The fourth-order valence-electron chi connectivity index (χ4n) is 1.29. The molecule has 17 heavy (non-hydrogen) atoms. The average molecular weight is 328 g/mol. The van der Waals surface area contributed by atoms with Crippen LogP contribution < -0.4 is 5.32 Å². The van der Waals surface area contributed by atoms with Gasteiger partial charge in [-0.05, 0) is 18.8 Å². The highest BCUT2D eigenvalue weighted by Gasteiger charge is 2.24. The van der Waals surface area contributed by atoms with Gasteiger partial charge in [-0.2, -0.15) is 0 Å². The molecule has 102 valence electrons. The van der Waals surface area contributed by atoms with E-state index >= 15 is 0 Å². The molecule has 0 radical (unpaired) electrons. The van der Waals surface area contributed by atoms with Gasteiger partial charge in [0.25, 0.3) is 0 Å². The second-order valence-electron chi connectivity index (χ2n) is 5.58. The SMILES string of the molecule is CC(C(=O)NCC(Br)CC(C)(C)C)S(C)(=O)=O. The number of alkyl halides is 1. The predicted molar refractivity (Wildman–Crippen MR) is 74.1 cm³/mol. The van der Waals surface area contributed by atoms with Crippen molar-refractivity contribution in [3.05, 3.63) is 0 Å². The molecule has 0 bridgehead atoms. The second-order valence-corrected chi connectivity index (χ2v) is 9.24. The van der Waals surface area contributed by atoms with Crippen LogP contribution in [0.15, 0.2) is 0 Å². The van der Waals surface area contributed by atoms with Gasteiger partial charge in [0.1, 0.15) is 5.25 Å². The van der Waals surface area contributed by atoms with Crippen LogP contribution in [-0.4, -0.2) is 37.2 Å². The molecular formula is C11H22BrNO3S. The summed E-state index contributed by atoms with van der Waals surface area (Å²) in [6, 6.07) is 0. The molecule has 6 heteroatoms. The summed E-state index contributed by atoms with van der Waals surface area (Å²) in [5, 5.41) is 1.66. The van der Waals surface area contributed by atoms with Gasteiger partial charge < -0.3 is 5.32 Å². The number of rotatable bonds is 5. The molecule has 0 aromatic carbocycles. The maximum atomic E-state index is 11.5. The first kappa shape index (κ1) is 16.9. The first-order valence-electron chi connectivity index (χ1n) is 5.54. The number of nitrogens with one attached hydrogen (secondary N) is 1. The third-order valence-corrected chi connectivity index (χ3v) is 4.49. The van der Waals surface area contributed by atoms with E-state index in [9.17, 15) is 13.2 Å². The molecule has 0 aromatic rings. The monoisotopic (exact) mass is 327 g/mol. The van der Waals surface area contributed by atoms with Crippen molar-refractivity contribution >= 4 is 31.7 Å². The molecule has 0 aliphatic heterocycles. The van der Waals surface area contributed by atoms with Crippen molar-refractivity contribution < 1.29 is 13.2 Å². The lowest BCUT2D eigenvalue weighted by atomic mass is 9.90. The summed E-state index contributed by atoms with van der Waals surface area (Å²) in [4.78, 5) is 11.7. The molecule has 0 saturated carbocycles.